The maximum Gasteiger partial charge on any atom is 0.0996 e. The predicted molar refractivity (Wildman–Crippen MR) is 89.2 cm³/mol. The third-order valence-corrected chi connectivity index (χ3v) is 5.08. The van der Waals surface area contributed by atoms with Crippen molar-refractivity contribution in [2.45, 2.75) is 57.6 Å². The van der Waals surface area contributed by atoms with Gasteiger partial charge in [0.25, 0.3) is 0 Å². The largest absolute Gasteiger partial charge is 0.386 e. The highest BCUT2D eigenvalue weighted by molar-refractivity contribution is 9.10. The normalized spacial score (nSPS) is 19.5. The van der Waals surface area contributed by atoms with E-state index in [0.717, 1.165) is 36.1 Å². The van der Waals surface area contributed by atoms with E-state index in [4.69, 9.17) is 0 Å². The lowest BCUT2D eigenvalue weighted by Gasteiger charge is -2.26. The summed E-state index contributed by atoms with van der Waals surface area (Å²) in [5.74, 6) is 0.372. The average molecular weight is 358 g/mol. The van der Waals surface area contributed by atoms with Crippen LogP contribution in [0.5, 0.6) is 0 Å². The zero-order valence-corrected chi connectivity index (χ0v) is 14.8. The highest BCUT2D eigenvalue weighted by atomic mass is 79.9. The lowest BCUT2D eigenvalue weighted by atomic mass is 9.86. The summed E-state index contributed by atoms with van der Waals surface area (Å²) >= 11 is 3.57. The molecule has 1 heterocycles. The Morgan fingerprint density at radius 3 is 2.52 bits per heavy atom. The van der Waals surface area contributed by atoms with Gasteiger partial charge in [0, 0.05) is 6.54 Å². The lowest BCUT2D eigenvalue weighted by molar-refractivity contribution is 0.0817. The summed E-state index contributed by atoms with van der Waals surface area (Å²) in [7, 11) is 4.12. The molecule has 0 aromatic carbocycles. The first-order chi connectivity index (χ1) is 10.1. The Hall–Kier alpha value is -0.390. The van der Waals surface area contributed by atoms with E-state index in [2.05, 4.69) is 40.0 Å². The van der Waals surface area contributed by atoms with Gasteiger partial charge in [0.05, 0.1) is 29.0 Å². The van der Waals surface area contributed by atoms with Gasteiger partial charge in [0.15, 0.2) is 0 Å². The maximum absolute atomic E-state index is 10.9. The summed E-state index contributed by atoms with van der Waals surface area (Å²) in [5, 5.41) is 15.3. The number of hydrogen-bond acceptors (Lipinski definition) is 3. The van der Waals surface area contributed by atoms with Crippen LogP contribution >= 0.6 is 15.9 Å². The topological polar surface area (TPSA) is 41.3 Å². The maximum atomic E-state index is 10.9. The van der Waals surface area contributed by atoms with Crippen LogP contribution in [0.1, 0.15) is 56.7 Å². The van der Waals surface area contributed by atoms with Crippen molar-refractivity contribution in [1.82, 2.24) is 14.7 Å². The van der Waals surface area contributed by atoms with E-state index in [1.807, 2.05) is 10.9 Å². The van der Waals surface area contributed by atoms with Crippen molar-refractivity contribution in [3.63, 3.8) is 0 Å². The quantitative estimate of drug-likeness (QED) is 0.874. The summed E-state index contributed by atoms with van der Waals surface area (Å²) in [6, 6.07) is 0. The van der Waals surface area contributed by atoms with E-state index in [1.165, 1.54) is 32.1 Å². The van der Waals surface area contributed by atoms with E-state index in [1.54, 1.807) is 0 Å². The first-order valence-corrected chi connectivity index (χ1v) is 8.93. The summed E-state index contributed by atoms with van der Waals surface area (Å²) < 4.78 is 2.91. The third-order valence-electron chi connectivity index (χ3n) is 4.47. The van der Waals surface area contributed by atoms with E-state index >= 15 is 0 Å². The molecule has 1 saturated carbocycles. The molecule has 0 bridgehead atoms. The number of likely N-dealkylation sites (N-methyl/N-ethyl adjacent to an activating group) is 1. The second-order valence-corrected chi connectivity index (χ2v) is 7.31. The Kier molecular flexibility index (Phi) is 6.71. The van der Waals surface area contributed by atoms with Gasteiger partial charge in [0.1, 0.15) is 0 Å². The first-order valence-electron chi connectivity index (χ1n) is 8.13. The molecule has 2 rings (SSSR count). The smallest absolute Gasteiger partial charge is 0.0996 e. The Bertz CT molecular complexity index is 425. The standard InChI is InChI=1S/C16H28BrN3O/c1-19(2)10-11-20-15(14(17)12-18-20)16(21)13-8-6-4-3-5-7-9-13/h12-13,16,21H,3-11H2,1-2H3. The van der Waals surface area contributed by atoms with Crippen molar-refractivity contribution < 1.29 is 5.11 Å². The van der Waals surface area contributed by atoms with E-state index in [0.29, 0.717) is 5.92 Å². The van der Waals surface area contributed by atoms with Crippen LogP contribution in [0, 0.1) is 5.92 Å². The average Bonchev–Trinajstić information content (AvgIpc) is 2.76. The molecule has 1 aliphatic carbocycles. The molecule has 1 atom stereocenters. The van der Waals surface area contributed by atoms with Gasteiger partial charge in [-0.3, -0.25) is 4.68 Å². The van der Waals surface area contributed by atoms with Crippen molar-refractivity contribution in [3.8, 4) is 0 Å². The van der Waals surface area contributed by atoms with E-state index in [9.17, 15) is 5.11 Å². The van der Waals surface area contributed by atoms with Crippen molar-refractivity contribution in [2.24, 2.45) is 5.92 Å². The molecule has 0 aliphatic heterocycles. The Labute approximate surface area is 136 Å². The molecule has 0 spiro atoms. The van der Waals surface area contributed by atoms with Crippen molar-refractivity contribution >= 4 is 15.9 Å². The molecule has 120 valence electrons. The molecule has 1 aromatic rings. The molecule has 0 saturated heterocycles. The molecule has 0 radical (unpaired) electrons. The fraction of sp³-hybridized carbons (Fsp3) is 0.812. The minimum absolute atomic E-state index is 0.372. The first kappa shape index (κ1) is 17.0. The Balaban J connectivity index is 2.09. The van der Waals surface area contributed by atoms with E-state index < -0.39 is 6.10 Å². The zero-order valence-electron chi connectivity index (χ0n) is 13.3. The van der Waals surface area contributed by atoms with Crippen LogP contribution in [0.2, 0.25) is 0 Å². The number of aromatic nitrogens is 2. The molecule has 4 nitrogen and oxygen atoms in total. The molecule has 0 amide bonds. The molecule has 1 unspecified atom stereocenters. The van der Waals surface area contributed by atoms with Gasteiger partial charge in [-0.15, -0.1) is 0 Å². The van der Waals surface area contributed by atoms with Crippen LogP contribution in [0.4, 0.5) is 0 Å². The van der Waals surface area contributed by atoms with Crippen molar-refractivity contribution in [2.75, 3.05) is 20.6 Å². The Morgan fingerprint density at radius 2 is 1.90 bits per heavy atom. The molecule has 1 aromatic heterocycles. The van der Waals surface area contributed by atoms with Crippen molar-refractivity contribution in [1.29, 1.82) is 0 Å². The number of rotatable bonds is 5. The van der Waals surface area contributed by atoms with Gasteiger partial charge in [-0.25, -0.2) is 0 Å². The van der Waals surface area contributed by atoms with Crippen LogP contribution < -0.4 is 0 Å². The fourth-order valence-corrected chi connectivity index (χ4v) is 3.70. The molecule has 1 N–H and O–H groups in total. The minimum Gasteiger partial charge on any atom is -0.386 e. The predicted octanol–water partition coefficient (Wildman–Crippen LogP) is 3.60. The molecular formula is C16H28BrN3O. The summed E-state index contributed by atoms with van der Waals surface area (Å²) in [5.41, 5.74) is 0.961. The monoisotopic (exact) mass is 357 g/mol. The summed E-state index contributed by atoms with van der Waals surface area (Å²) in [6.45, 7) is 1.75. The van der Waals surface area contributed by atoms with Crippen LogP contribution in [0.3, 0.4) is 0 Å². The number of halogens is 1. The van der Waals surface area contributed by atoms with E-state index in [-0.39, 0.29) is 0 Å². The number of aliphatic hydroxyl groups is 1. The fourth-order valence-electron chi connectivity index (χ4n) is 3.17. The molecule has 1 fully saturated rings. The second-order valence-electron chi connectivity index (χ2n) is 6.45. The lowest BCUT2D eigenvalue weighted by Crippen LogP contribution is -2.23. The van der Waals surface area contributed by atoms with Gasteiger partial charge in [-0.1, -0.05) is 32.1 Å². The van der Waals surface area contributed by atoms with Gasteiger partial charge in [0.2, 0.25) is 0 Å². The second kappa shape index (κ2) is 8.30. The van der Waals surface area contributed by atoms with Crippen LogP contribution in [0.15, 0.2) is 10.7 Å². The summed E-state index contributed by atoms with van der Waals surface area (Å²) in [4.78, 5) is 2.14. The third kappa shape index (κ3) is 4.80. The highest BCUT2D eigenvalue weighted by Crippen LogP contribution is 2.35. The van der Waals surface area contributed by atoms with Gasteiger partial charge >= 0.3 is 0 Å². The SMILES string of the molecule is CN(C)CCn1ncc(Br)c1C(O)C1CCCCCCC1. The summed E-state index contributed by atoms with van der Waals surface area (Å²) in [6.07, 6.45) is 10.1. The minimum atomic E-state index is -0.401. The van der Waals surface area contributed by atoms with Gasteiger partial charge in [-0.05, 0) is 48.8 Å². The highest BCUT2D eigenvalue weighted by Gasteiger charge is 2.26. The number of hydrogen-bond donors (Lipinski definition) is 1. The van der Waals surface area contributed by atoms with Crippen LogP contribution in [-0.4, -0.2) is 40.4 Å². The van der Waals surface area contributed by atoms with Crippen LogP contribution in [0.25, 0.3) is 0 Å². The number of nitrogens with zero attached hydrogens (tertiary/aromatic N) is 3. The molecular weight excluding hydrogens is 330 g/mol. The van der Waals surface area contributed by atoms with Crippen LogP contribution in [-0.2, 0) is 6.54 Å². The van der Waals surface area contributed by atoms with Gasteiger partial charge in [-0.2, -0.15) is 5.10 Å². The number of aliphatic hydroxyl groups excluding tert-OH is 1. The molecule has 21 heavy (non-hydrogen) atoms. The Morgan fingerprint density at radius 1 is 1.29 bits per heavy atom. The molecule has 5 heteroatoms. The van der Waals surface area contributed by atoms with Crippen molar-refractivity contribution in [3.05, 3.63) is 16.4 Å². The van der Waals surface area contributed by atoms with Gasteiger partial charge < -0.3 is 10.0 Å². The molecule has 1 aliphatic rings. The zero-order chi connectivity index (χ0) is 15.2.